The molecule has 1 atom stereocenters. The number of phenolic OH excluding ortho intramolecular Hbond substituents is 2. The number of aromatic nitrogens is 2. The fourth-order valence-electron chi connectivity index (χ4n) is 3.17. The van der Waals surface area contributed by atoms with Crippen molar-refractivity contribution in [2.24, 2.45) is 0 Å². The Balaban J connectivity index is 1.86. The van der Waals surface area contributed by atoms with E-state index >= 15 is 0 Å². The number of rotatable bonds is 4. The van der Waals surface area contributed by atoms with E-state index in [2.05, 4.69) is 15.3 Å². The Bertz CT molecular complexity index is 1080. The third-order valence-corrected chi connectivity index (χ3v) is 4.55. The second-order valence-electron chi connectivity index (χ2n) is 6.47. The standard InChI is InChI=1S/C22H19N3O2/c1-14-5-6-16-9-12-18(22(27)21(16)24-14)20(15-7-10-17(26)11-8-15)25-19-4-2-3-13-23-19/h2-13,20,26-27H,1H3,(H,23,25)/p+1/t20-/m0/s1. The van der Waals surface area contributed by atoms with Crippen LogP contribution in [0.5, 0.6) is 11.5 Å². The predicted molar refractivity (Wildman–Crippen MR) is 105 cm³/mol. The van der Waals surface area contributed by atoms with Crippen LogP contribution in [0.2, 0.25) is 0 Å². The Morgan fingerprint density at radius 1 is 0.926 bits per heavy atom. The lowest BCUT2D eigenvalue weighted by Gasteiger charge is -2.18. The molecule has 0 aliphatic heterocycles. The van der Waals surface area contributed by atoms with Crippen LogP contribution in [0.1, 0.15) is 22.9 Å². The minimum atomic E-state index is -0.323. The van der Waals surface area contributed by atoms with Crippen LogP contribution in [0.4, 0.5) is 5.82 Å². The molecule has 0 saturated carbocycles. The number of pyridine rings is 2. The van der Waals surface area contributed by atoms with Crippen LogP contribution in [-0.4, -0.2) is 15.2 Å². The van der Waals surface area contributed by atoms with E-state index in [9.17, 15) is 10.2 Å². The SMILES string of the molecule is Cc1ccc2ccc([C@@H](Nc3cccc[nH+]3)c3ccc(O)cc3)c(O)c2n1. The molecule has 4 N–H and O–H groups in total. The summed E-state index contributed by atoms with van der Waals surface area (Å²) in [5, 5.41) is 24.9. The van der Waals surface area contributed by atoms with Crippen LogP contribution in [-0.2, 0) is 0 Å². The van der Waals surface area contributed by atoms with Crippen molar-refractivity contribution in [3.63, 3.8) is 0 Å². The number of anilines is 1. The van der Waals surface area contributed by atoms with Gasteiger partial charge in [-0.2, -0.15) is 0 Å². The first-order chi connectivity index (χ1) is 13.1. The number of phenols is 2. The smallest absolute Gasteiger partial charge is 0.272 e. The molecule has 4 aromatic rings. The van der Waals surface area contributed by atoms with Gasteiger partial charge in [0.15, 0.2) is 0 Å². The number of aryl methyl sites for hydroxylation is 1. The van der Waals surface area contributed by atoms with Crippen LogP contribution in [0.15, 0.2) is 72.9 Å². The molecule has 0 bridgehead atoms. The number of nitrogens with zero attached hydrogens (tertiary/aromatic N) is 1. The fourth-order valence-corrected chi connectivity index (χ4v) is 3.17. The largest absolute Gasteiger partial charge is 0.508 e. The molecule has 0 unspecified atom stereocenters. The van der Waals surface area contributed by atoms with E-state index in [1.54, 1.807) is 12.1 Å². The lowest BCUT2D eigenvalue weighted by molar-refractivity contribution is -0.361. The normalized spacial score (nSPS) is 12.0. The van der Waals surface area contributed by atoms with Gasteiger partial charge in [0.1, 0.15) is 23.1 Å². The lowest BCUT2D eigenvalue weighted by atomic mass is 9.96. The zero-order valence-electron chi connectivity index (χ0n) is 14.8. The number of nitrogens with one attached hydrogen (secondary N) is 2. The molecule has 2 aromatic carbocycles. The summed E-state index contributed by atoms with van der Waals surface area (Å²) >= 11 is 0. The van der Waals surface area contributed by atoms with Gasteiger partial charge >= 0.3 is 0 Å². The van der Waals surface area contributed by atoms with E-state index in [-0.39, 0.29) is 17.5 Å². The van der Waals surface area contributed by atoms with E-state index in [1.807, 2.05) is 67.7 Å². The van der Waals surface area contributed by atoms with Crippen molar-refractivity contribution in [1.29, 1.82) is 0 Å². The van der Waals surface area contributed by atoms with Crippen LogP contribution in [0, 0.1) is 6.92 Å². The topological polar surface area (TPSA) is 79.5 Å². The number of hydrogen-bond acceptors (Lipinski definition) is 4. The molecule has 0 saturated heterocycles. The predicted octanol–water partition coefficient (Wildman–Crippen LogP) is 3.97. The van der Waals surface area contributed by atoms with Crippen molar-refractivity contribution in [3.8, 4) is 11.5 Å². The van der Waals surface area contributed by atoms with Crippen molar-refractivity contribution < 1.29 is 15.2 Å². The first kappa shape index (κ1) is 16.8. The summed E-state index contributed by atoms with van der Waals surface area (Å²) in [7, 11) is 0. The summed E-state index contributed by atoms with van der Waals surface area (Å²) in [6.45, 7) is 1.90. The number of benzene rings is 2. The van der Waals surface area contributed by atoms with E-state index in [0.717, 1.165) is 22.5 Å². The molecule has 0 fully saturated rings. The molecule has 5 nitrogen and oxygen atoms in total. The van der Waals surface area contributed by atoms with Gasteiger partial charge in [-0.3, -0.25) is 5.32 Å². The van der Waals surface area contributed by atoms with Crippen LogP contribution in [0.25, 0.3) is 10.9 Å². The summed E-state index contributed by atoms with van der Waals surface area (Å²) in [6.07, 6.45) is 1.83. The summed E-state index contributed by atoms with van der Waals surface area (Å²) in [6, 6.07) is 20.1. The highest BCUT2D eigenvalue weighted by molar-refractivity contribution is 5.86. The first-order valence-corrected chi connectivity index (χ1v) is 8.73. The van der Waals surface area contributed by atoms with Crippen molar-refractivity contribution in [2.75, 3.05) is 5.32 Å². The van der Waals surface area contributed by atoms with E-state index in [4.69, 9.17) is 0 Å². The molecular weight excluding hydrogens is 338 g/mol. The number of fused-ring (bicyclic) bond motifs is 1. The maximum Gasteiger partial charge on any atom is 0.272 e. The molecule has 0 radical (unpaired) electrons. The second-order valence-corrected chi connectivity index (χ2v) is 6.47. The van der Waals surface area contributed by atoms with Gasteiger partial charge in [-0.05, 0) is 37.3 Å². The number of aromatic hydroxyl groups is 2. The maximum absolute atomic E-state index is 11.0. The molecule has 2 heterocycles. The Morgan fingerprint density at radius 3 is 2.44 bits per heavy atom. The van der Waals surface area contributed by atoms with Crippen LogP contribution < -0.4 is 10.3 Å². The van der Waals surface area contributed by atoms with Crippen LogP contribution >= 0.6 is 0 Å². The van der Waals surface area contributed by atoms with Crippen molar-refractivity contribution in [3.05, 3.63) is 89.7 Å². The third-order valence-electron chi connectivity index (χ3n) is 4.55. The highest BCUT2D eigenvalue weighted by atomic mass is 16.3. The van der Waals surface area contributed by atoms with Gasteiger partial charge < -0.3 is 10.2 Å². The number of aromatic amines is 1. The van der Waals surface area contributed by atoms with E-state index in [1.165, 1.54) is 0 Å². The molecule has 2 aromatic heterocycles. The third kappa shape index (κ3) is 3.40. The highest BCUT2D eigenvalue weighted by Crippen LogP contribution is 2.36. The molecule has 4 rings (SSSR count). The Kier molecular flexibility index (Phi) is 4.34. The minimum Gasteiger partial charge on any atom is -0.508 e. The summed E-state index contributed by atoms with van der Waals surface area (Å²) in [4.78, 5) is 7.67. The monoisotopic (exact) mass is 358 g/mol. The van der Waals surface area contributed by atoms with Gasteiger partial charge in [0, 0.05) is 28.3 Å². The van der Waals surface area contributed by atoms with E-state index < -0.39 is 0 Å². The summed E-state index contributed by atoms with van der Waals surface area (Å²) in [5.41, 5.74) is 3.05. The zero-order chi connectivity index (χ0) is 18.8. The molecule has 0 amide bonds. The first-order valence-electron chi connectivity index (χ1n) is 8.73. The minimum absolute atomic E-state index is 0.151. The average molecular weight is 358 g/mol. The number of H-pyrrole nitrogens is 1. The molecule has 27 heavy (non-hydrogen) atoms. The molecule has 0 aliphatic carbocycles. The lowest BCUT2D eigenvalue weighted by Crippen LogP contribution is -2.18. The Morgan fingerprint density at radius 2 is 1.70 bits per heavy atom. The molecule has 134 valence electrons. The van der Waals surface area contributed by atoms with Crippen molar-refractivity contribution >= 4 is 16.7 Å². The second kappa shape index (κ2) is 6.96. The van der Waals surface area contributed by atoms with Crippen LogP contribution in [0.3, 0.4) is 0 Å². The summed E-state index contributed by atoms with van der Waals surface area (Å²) in [5.74, 6) is 1.16. The molecular formula is C22H20N3O2+. The average Bonchev–Trinajstić information content (AvgIpc) is 2.69. The van der Waals surface area contributed by atoms with Gasteiger partial charge in [-0.15, -0.1) is 0 Å². The number of hydrogen-bond donors (Lipinski definition) is 3. The van der Waals surface area contributed by atoms with Gasteiger partial charge in [0.2, 0.25) is 0 Å². The Labute approximate surface area is 157 Å². The van der Waals surface area contributed by atoms with Gasteiger partial charge in [0.05, 0.1) is 6.20 Å². The summed E-state index contributed by atoms with van der Waals surface area (Å²) < 4.78 is 0. The molecule has 0 spiro atoms. The zero-order valence-corrected chi connectivity index (χ0v) is 14.8. The fraction of sp³-hybridized carbons (Fsp3) is 0.0909. The maximum atomic E-state index is 11.0. The molecule has 5 heteroatoms. The van der Waals surface area contributed by atoms with E-state index in [0.29, 0.717) is 11.1 Å². The quantitative estimate of drug-likeness (QED) is 0.516. The Hall–Kier alpha value is -3.60. The van der Waals surface area contributed by atoms with Gasteiger partial charge in [0.25, 0.3) is 5.82 Å². The van der Waals surface area contributed by atoms with Gasteiger partial charge in [-0.25, -0.2) is 9.97 Å². The van der Waals surface area contributed by atoms with Crippen molar-refractivity contribution in [2.45, 2.75) is 13.0 Å². The highest BCUT2D eigenvalue weighted by Gasteiger charge is 2.24. The van der Waals surface area contributed by atoms with Crippen molar-refractivity contribution in [1.82, 2.24) is 4.98 Å². The molecule has 0 aliphatic rings. The van der Waals surface area contributed by atoms with Gasteiger partial charge in [-0.1, -0.05) is 30.3 Å².